The van der Waals surface area contributed by atoms with Gasteiger partial charge in [-0.25, -0.2) is 0 Å². The molecule has 0 aromatic carbocycles. The van der Waals surface area contributed by atoms with E-state index in [9.17, 15) is 0 Å². The molecule has 0 aromatic rings. The van der Waals surface area contributed by atoms with Crippen LogP contribution in [0.2, 0.25) is 0 Å². The number of hydrogen-bond donors (Lipinski definition) is 0. The summed E-state index contributed by atoms with van der Waals surface area (Å²) >= 11 is 13.0. The molecule has 0 aliphatic carbocycles. The van der Waals surface area contributed by atoms with Gasteiger partial charge in [-0.1, -0.05) is 39.5 Å². The lowest BCUT2D eigenvalue weighted by atomic mass is 9.90. The van der Waals surface area contributed by atoms with E-state index in [1.54, 1.807) is 0 Å². The Morgan fingerprint density at radius 3 is 1.25 bits per heavy atom. The van der Waals surface area contributed by atoms with Crippen molar-refractivity contribution in [2.24, 2.45) is 0 Å². The number of halogens is 2. The number of unbranched alkanes of at least 4 members (excludes halogenated alkanes) is 2. The minimum atomic E-state index is -0.0572. The normalized spacial score (nSPS) is 19.1. The van der Waals surface area contributed by atoms with E-state index in [4.69, 9.17) is 23.2 Å². The van der Waals surface area contributed by atoms with Crippen molar-refractivity contribution in [3.63, 3.8) is 0 Å². The first-order chi connectivity index (χ1) is 7.33. The molecule has 0 radical (unpaired) electrons. The van der Waals surface area contributed by atoms with Crippen LogP contribution in [-0.4, -0.2) is 9.75 Å². The van der Waals surface area contributed by atoms with E-state index >= 15 is 0 Å². The Bertz CT molecular complexity index is 154. The van der Waals surface area contributed by atoms with Crippen LogP contribution >= 0.6 is 23.2 Å². The van der Waals surface area contributed by atoms with E-state index in [2.05, 4.69) is 27.7 Å². The molecule has 0 amide bonds. The minimum absolute atomic E-state index is 0.0572. The fourth-order valence-corrected chi connectivity index (χ4v) is 2.32. The van der Waals surface area contributed by atoms with Crippen LogP contribution < -0.4 is 0 Å². The first kappa shape index (κ1) is 16.6. The lowest BCUT2D eigenvalue weighted by Crippen LogP contribution is -2.23. The molecule has 0 nitrogen and oxygen atoms in total. The molecule has 2 heteroatoms. The summed E-state index contributed by atoms with van der Waals surface area (Å²) in [6.45, 7) is 8.72. The second-order valence-electron chi connectivity index (χ2n) is 5.53. The summed E-state index contributed by atoms with van der Waals surface area (Å²) in [4.78, 5) is -0.114. The predicted molar refractivity (Wildman–Crippen MR) is 76.8 cm³/mol. The van der Waals surface area contributed by atoms with Crippen LogP contribution in [0.3, 0.4) is 0 Å². The maximum absolute atomic E-state index is 6.50. The van der Waals surface area contributed by atoms with Gasteiger partial charge in [-0.2, -0.15) is 0 Å². The van der Waals surface area contributed by atoms with Crippen molar-refractivity contribution in [2.75, 3.05) is 0 Å². The Hall–Kier alpha value is 0.580. The third-order valence-electron chi connectivity index (χ3n) is 3.27. The van der Waals surface area contributed by atoms with Gasteiger partial charge in [-0.15, -0.1) is 23.2 Å². The Balaban J connectivity index is 3.91. The Morgan fingerprint density at radius 1 is 0.688 bits per heavy atom. The van der Waals surface area contributed by atoms with Crippen LogP contribution in [0.5, 0.6) is 0 Å². The molecule has 0 bridgehead atoms. The van der Waals surface area contributed by atoms with Crippen molar-refractivity contribution in [1.82, 2.24) is 0 Å². The highest BCUT2D eigenvalue weighted by Gasteiger charge is 2.26. The molecule has 0 spiro atoms. The number of alkyl halides is 2. The molecule has 0 aliphatic heterocycles. The standard InChI is InChI=1S/C14H28Cl2/c1-5-7-9-13(3,15)11-12-14(4,16)10-8-6-2/h5-12H2,1-4H3. The third kappa shape index (κ3) is 8.70. The van der Waals surface area contributed by atoms with Crippen molar-refractivity contribution < 1.29 is 0 Å². The lowest BCUT2D eigenvalue weighted by Gasteiger charge is -2.28. The third-order valence-corrected chi connectivity index (χ3v) is 4.03. The molecule has 16 heavy (non-hydrogen) atoms. The van der Waals surface area contributed by atoms with Crippen LogP contribution in [-0.2, 0) is 0 Å². The topological polar surface area (TPSA) is 0 Å². The summed E-state index contributed by atoms with van der Waals surface area (Å²) in [7, 11) is 0. The molecule has 0 rings (SSSR count). The molecule has 2 atom stereocenters. The first-order valence-corrected chi connectivity index (χ1v) is 7.46. The SMILES string of the molecule is CCCCC(C)(Cl)CCC(C)(Cl)CCCC. The zero-order valence-corrected chi connectivity index (χ0v) is 12.9. The van der Waals surface area contributed by atoms with Crippen LogP contribution in [0.1, 0.15) is 79.1 Å². The molecule has 2 unspecified atom stereocenters. The van der Waals surface area contributed by atoms with Gasteiger partial charge in [0.05, 0.1) is 0 Å². The molecule has 0 saturated carbocycles. The predicted octanol–water partition coefficient (Wildman–Crippen LogP) is 6.14. The highest BCUT2D eigenvalue weighted by atomic mass is 35.5. The second-order valence-corrected chi connectivity index (χ2v) is 7.36. The molecule has 98 valence electrons. The highest BCUT2D eigenvalue weighted by molar-refractivity contribution is 6.24. The van der Waals surface area contributed by atoms with Crippen molar-refractivity contribution in [2.45, 2.75) is 88.8 Å². The molecule has 0 aromatic heterocycles. The largest absolute Gasteiger partial charge is 0.120 e. The van der Waals surface area contributed by atoms with Gasteiger partial charge < -0.3 is 0 Å². The Labute approximate surface area is 112 Å². The zero-order chi connectivity index (χ0) is 12.7. The fraction of sp³-hybridized carbons (Fsp3) is 1.00. The average Bonchev–Trinajstić information content (AvgIpc) is 2.22. The fourth-order valence-electron chi connectivity index (χ4n) is 1.86. The Morgan fingerprint density at radius 2 is 1.00 bits per heavy atom. The van der Waals surface area contributed by atoms with Gasteiger partial charge in [0.2, 0.25) is 0 Å². The smallest absolute Gasteiger partial charge is 0.0419 e. The van der Waals surface area contributed by atoms with E-state index in [1.165, 1.54) is 25.7 Å². The summed E-state index contributed by atoms with van der Waals surface area (Å²) in [6.07, 6.45) is 9.13. The van der Waals surface area contributed by atoms with Crippen LogP contribution in [0.4, 0.5) is 0 Å². The van der Waals surface area contributed by atoms with Gasteiger partial charge >= 0.3 is 0 Å². The molecule has 0 heterocycles. The quantitative estimate of drug-likeness (QED) is 0.440. The molecule has 0 fully saturated rings. The highest BCUT2D eigenvalue weighted by Crippen LogP contribution is 2.34. The van der Waals surface area contributed by atoms with Gasteiger partial charge in [0.15, 0.2) is 0 Å². The molecule has 0 N–H and O–H groups in total. The van der Waals surface area contributed by atoms with E-state index in [0.717, 1.165) is 25.7 Å². The van der Waals surface area contributed by atoms with Crippen molar-refractivity contribution in [3.8, 4) is 0 Å². The van der Waals surface area contributed by atoms with Crippen LogP contribution in [0.25, 0.3) is 0 Å². The van der Waals surface area contributed by atoms with Crippen LogP contribution in [0.15, 0.2) is 0 Å². The van der Waals surface area contributed by atoms with E-state index in [0.29, 0.717) is 0 Å². The number of hydrogen-bond acceptors (Lipinski definition) is 0. The summed E-state index contributed by atoms with van der Waals surface area (Å²) in [6, 6.07) is 0. The summed E-state index contributed by atoms with van der Waals surface area (Å²) < 4.78 is 0. The van der Waals surface area contributed by atoms with Gasteiger partial charge in [0, 0.05) is 9.75 Å². The summed E-state index contributed by atoms with van der Waals surface area (Å²) in [5.74, 6) is 0. The van der Waals surface area contributed by atoms with Gasteiger partial charge in [0.25, 0.3) is 0 Å². The monoisotopic (exact) mass is 266 g/mol. The summed E-state index contributed by atoms with van der Waals surface area (Å²) in [5, 5.41) is 0. The second kappa shape index (κ2) is 7.82. The molecular weight excluding hydrogens is 239 g/mol. The van der Waals surface area contributed by atoms with E-state index < -0.39 is 0 Å². The van der Waals surface area contributed by atoms with Crippen molar-refractivity contribution in [3.05, 3.63) is 0 Å². The summed E-state index contributed by atoms with van der Waals surface area (Å²) in [5.41, 5.74) is 0. The van der Waals surface area contributed by atoms with Crippen molar-refractivity contribution >= 4 is 23.2 Å². The van der Waals surface area contributed by atoms with Crippen molar-refractivity contribution in [1.29, 1.82) is 0 Å². The molecule has 0 aliphatic rings. The van der Waals surface area contributed by atoms with Gasteiger partial charge in [0.1, 0.15) is 0 Å². The maximum Gasteiger partial charge on any atom is 0.0419 e. The minimum Gasteiger partial charge on any atom is -0.120 e. The number of rotatable bonds is 9. The first-order valence-electron chi connectivity index (χ1n) is 6.71. The average molecular weight is 267 g/mol. The maximum atomic E-state index is 6.50. The lowest BCUT2D eigenvalue weighted by molar-refractivity contribution is 0.424. The van der Waals surface area contributed by atoms with Gasteiger partial charge in [-0.05, 0) is 39.5 Å². The zero-order valence-electron chi connectivity index (χ0n) is 11.4. The van der Waals surface area contributed by atoms with E-state index in [-0.39, 0.29) is 9.75 Å². The Kier molecular flexibility index (Phi) is 8.10. The molecular formula is C14H28Cl2. The van der Waals surface area contributed by atoms with E-state index in [1.807, 2.05) is 0 Å². The van der Waals surface area contributed by atoms with Crippen LogP contribution in [0, 0.1) is 0 Å². The van der Waals surface area contributed by atoms with Gasteiger partial charge in [-0.3, -0.25) is 0 Å². The molecule has 0 saturated heterocycles.